The Kier molecular flexibility index (Phi) is 5.51. The van der Waals surface area contributed by atoms with Gasteiger partial charge in [0, 0.05) is 17.3 Å². The first-order chi connectivity index (χ1) is 10.1. The van der Waals surface area contributed by atoms with Crippen LogP contribution in [0.2, 0.25) is 5.02 Å². The number of benzene rings is 2. The highest BCUT2D eigenvalue weighted by molar-refractivity contribution is 6.30. The van der Waals surface area contributed by atoms with E-state index in [0.29, 0.717) is 12.5 Å². The third kappa shape index (κ3) is 4.68. The van der Waals surface area contributed by atoms with Crippen molar-refractivity contribution in [1.82, 2.24) is 0 Å². The van der Waals surface area contributed by atoms with Gasteiger partial charge in [-0.2, -0.15) is 0 Å². The van der Waals surface area contributed by atoms with E-state index >= 15 is 0 Å². The molecule has 0 saturated heterocycles. The van der Waals surface area contributed by atoms with Crippen LogP contribution in [0, 0.1) is 6.92 Å². The van der Waals surface area contributed by atoms with Gasteiger partial charge in [0.1, 0.15) is 12.4 Å². The predicted molar refractivity (Wildman–Crippen MR) is 90.7 cm³/mol. The van der Waals surface area contributed by atoms with E-state index < -0.39 is 0 Å². The molecule has 0 saturated carbocycles. The van der Waals surface area contributed by atoms with E-state index in [1.807, 2.05) is 24.3 Å². The summed E-state index contributed by atoms with van der Waals surface area (Å²) in [6.07, 6.45) is 0. The van der Waals surface area contributed by atoms with Crippen molar-refractivity contribution < 1.29 is 4.74 Å². The number of hydrogen-bond acceptors (Lipinski definition) is 2. The Morgan fingerprint density at radius 3 is 2.48 bits per heavy atom. The van der Waals surface area contributed by atoms with Gasteiger partial charge in [0.2, 0.25) is 0 Å². The van der Waals surface area contributed by atoms with Crippen molar-refractivity contribution in [3.63, 3.8) is 0 Å². The van der Waals surface area contributed by atoms with Crippen LogP contribution in [0.3, 0.4) is 0 Å². The summed E-state index contributed by atoms with van der Waals surface area (Å²) in [5.74, 6) is 1.45. The van der Waals surface area contributed by atoms with Crippen molar-refractivity contribution in [1.29, 1.82) is 0 Å². The van der Waals surface area contributed by atoms with E-state index in [-0.39, 0.29) is 0 Å². The van der Waals surface area contributed by atoms with Gasteiger partial charge in [-0.3, -0.25) is 0 Å². The number of hydrogen-bond donors (Lipinski definition) is 1. The molecule has 0 heterocycles. The van der Waals surface area contributed by atoms with Crippen molar-refractivity contribution >= 4 is 17.3 Å². The van der Waals surface area contributed by atoms with Crippen molar-refractivity contribution in [2.75, 3.05) is 18.5 Å². The predicted octanol–water partition coefficient (Wildman–Crippen LogP) is 5.26. The third-order valence-electron chi connectivity index (χ3n) is 3.32. The molecule has 0 unspecified atom stereocenters. The zero-order valence-corrected chi connectivity index (χ0v) is 13.6. The van der Waals surface area contributed by atoms with E-state index in [9.17, 15) is 0 Å². The number of ether oxygens (including phenoxy) is 1. The van der Waals surface area contributed by atoms with Gasteiger partial charge in [-0.25, -0.2) is 0 Å². The first kappa shape index (κ1) is 15.7. The SMILES string of the molecule is Cc1ccc(C(C)C)c(OCCNc2ccc(Cl)cc2)c1. The van der Waals surface area contributed by atoms with Gasteiger partial charge in [-0.15, -0.1) is 0 Å². The fourth-order valence-electron chi connectivity index (χ4n) is 2.17. The van der Waals surface area contributed by atoms with Crippen LogP contribution < -0.4 is 10.1 Å². The van der Waals surface area contributed by atoms with Crippen molar-refractivity contribution in [2.45, 2.75) is 26.7 Å². The minimum atomic E-state index is 0.463. The van der Waals surface area contributed by atoms with Crippen molar-refractivity contribution in [2.24, 2.45) is 0 Å². The molecule has 0 amide bonds. The van der Waals surface area contributed by atoms with Gasteiger partial charge in [-0.1, -0.05) is 37.6 Å². The summed E-state index contributed by atoms with van der Waals surface area (Å²) < 4.78 is 5.94. The van der Waals surface area contributed by atoms with Gasteiger partial charge >= 0.3 is 0 Å². The lowest BCUT2D eigenvalue weighted by molar-refractivity contribution is 0.328. The average Bonchev–Trinajstić information content (AvgIpc) is 2.45. The minimum absolute atomic E-state index is 0.463. The van der Waals surface area contributed by atoms with Gasteiger partial charge in [0.25, 0.3) is 0 Å². The Morgan fingerprint density at radius 1 is 1.10 bits per heavy atom. The zero-order valence-electron chi connectivity index (χ0n) is 12.8. The molecule has 0 aliphatic carbocycles. The molecule has 21 heavy (non-hydrogen) atoms. The fourth-order valence-corrected chi connectivity index (χ4v) is 2.29. The Hall–Kier alpha value is -1.67. The molecule has 2 rings (SSSR count). The Balaban J connectivity index is 1.88. The number of anilines is 1. The number of rotatable bonds is 6. The minimum Gasteiger partial charge on any atom is -0.491 e. The van der Waals surface area contributed by atoms with Crippen molar-refractivity contribution in [3.05, 3.63) is 58.6 Å². The summed E-state index contributed by atoms with van der Waals surface area (Å²) >= 11 is 5.86. The lowest BCUT2D eigenvalue weighted by atomic mass is 10.0. The first-order valence-electron chi connectivity index (χ1n) is 7.29. The van der Waals surface area contributed by atoms with Crippen LogP contribution in [-0.4, -0.2) is 13.2 Å². The molecule has 1 N–H and O–H groups in total. The Labute approximate surface area is 132 Å². The summed E-state index contributed by atoms with van der Waals surface area (Å²) in [5, 5.41) is 4.07. The second kappa shape index (κ2) is 7.37. The Bertz CT molecular complexity index is 578. The first-order valence-corrected chi connectivity index (χ1v) is 7.67. The lowest BCUT2D eigenvalue weighted by Gasteiger charge is -2.15. The molecule has 2 aromatic carbocycles. The maximum Gasteiger partial charge on any atom is 0.123 e. The quantitative estimate of drug-likeness (QED) is 0.735. The molecule has 0 radical (unpaired) electrons. The molecule has 0 aliphatic rings. The number of halogens is 1. The van der Waals surface area contributed by atoms with Gasteiger partial charge in [-0.05, 0) is 54.3 Å². The van der Waals surface area contributed by atoms with E-state index in [4.69, 9.17) is 16.3 Å². The van der Waals surface area contributed by atoms with E-state index in [0.717, 1.165) is 23.0 Å². The smallest absolute Gasteiger partial charge is 0.123 e. The highest BCUT2D eigenvalue weighted by Crippen LogP contribution is 2.27. The highest BCUT2D eigenvalue weighted by atomic mass is 35.5. The second-order valence-corrected chi connectivity index (χ2v) is 5.91. The maximum atomic E-state index is 5.94. The molecule has 0 atom stereocenters. The molecule has 0 fully saturated rings. The van der Waals surface area contributed by atoms with Crippen LogP contribution in [0.25, 0.3) is 0 Å². The molecule has 112 valence electrons. The zero-order chi connectivity index (χ0) is 15.2. The van der Waals surface area contributed by atoms with Crippen LogP contribution >= 0.6 is 11.6 Å². The standard InChI is InChI=1S/C18H22ClNO/c1-13(2)17-9-4-14(3)12-18(17)21-11-10-20-16-7-5-15(19)6-8-16/h4-9,12-13,20H,10-11H2,1-3H3. The van der Waals surface area contributed by atoms with Crippen LogP contribution in [0.1, 0.15) is 30.9 Å². The van der Waals surface area contributed by atoms with E-state index in [2.05, 4.69) is 44.3 Å². The molecular formula is C18H22ClNO. The van der Waals surface area contributed by atoms with Gasteiger partial charge in [0.05, 0.1) is 0 Å². The summed E-state index contributed by atoms with van der Waals surface area (Å²) in [6.45, 7) is 7.84. The van der Waals surface area contributed by atoms with Crippen LogP contribution in [0.5, 0.6) is 5.75 Å². The highest BCUT2D eigenvalue weighted by Gasteiger charge is 2.07. The number of aryl methyl sites for hydroxylation is 1. The van der Waals surface area contributed by atoms with Crippen LogP contribution in [0.4, 0.5) is 5.69 Å². The van der Waals surface area contributed by atoms with Gasteiger partial charge < -0.3 is 10.1 Å². The second-order valence-electron chi connectivity index (χ2n) is 5.48. The number of nitrogens with one attached hydrogen (secondary N) is 1. The molecule has 2 aromatic rings. The molecule has 2 nitrogen and oxygen atoms in total. The Morgan fingerprint density at radius 2 is 1.81 bits per heavy atom. The lowest BCUT2D eigenvalue weighted by Crippen LogP contribution is -2.12. The fraction of sp³-hybridized carbons (Fsp3) is 0.333. The summed E-state index contributed by atoms with van der Waals surface area (Å²) in [7, 11) is 0. The molecule has 0 aromatic heterocycles. The molecule has 0 spiro atoms. The van der Waals surface area contributed by atoms with E-state index in [1.165, 1.54) is 11.1 Å². The maximum absolute atomic E-state index is 5.94. The normalized spacial score (nSPS) is 10.7. The molecular weight excluding hydrogens is 282 g/mol. The molecule has 0 bridgehead atoms. The summed E-state index contributed by atoms with van der Waals surface area (Å²) in [5.41, 5.74) is 3.53. The summed E-state index contributed by atoms with van der Waals surface area (Å²) in [4.78, 5) is 0. The van der Waals surface area contributed by atoms with Crippen LogP contribution in [-0.2, 0) is 0 Å². The largest absolute Gasteiger partial charge is 0.491 e. The summed E-state index contributed by atoms with van der Waals surface area (Å²) in [6, 6.07) is 14.1. The monoisotopic (exact) mass is 303 g/mol. The average molecular weight is 304 g/mol. The topological polar surface area (TPSA) is 21.3 Å². The van der Waals surface area contributed by atoms with Crippen molar-refractivity contribution in [3.8, 4) is 5.75 Å². The van der Waals surface area contributed by atoms with Gasteiger partial charge in [0.15, 0.2) is 0 Å². The molecule has 0 aliphatic heterocycles. The van der Waals surface area contributed by atoms with Crippen LogP contribution in [0.15, 0.2) is 42.5 Å². The van der Waals surface area contributed by atoms with E-state index in [1.54, 1.807) is 0 Å². The third-order valence-corrected chi connectivity index (χ3v) is 3.58. The molecule has 3 heteroatoms.